The van der Waals surface area contributed by atoms with Gasteiger partial charge in [-0.15, -0.1) is 0 Å². The van der Waals surface area contributed by atoms with Crippen LogP contribution in [0.5, 0.6) is 11.5 Å². The average molecular weight is 286 g/mol. The molecule has 0 spiro atoms. The van der Waals surface area contributed by atoms with Crippen LogP contribution in [-0.4, -0.2) is 20.0 Å². The van der Waals surface area contributed by atoms with Crippen molar-refractivity contribution in [2.24, 2.45) is 0 Å². The van der Waals surface area contributed by atoms with Gasteiger partial charge in [-0.25, -0.2) is 0 Å². The molecule has 3 nitrogen and oxygen atoms in total. The molecular weight excluding hydrogens is 264 g/mol. The van der Waals surface area contributed by atoms with Gasteiger partial charge >= 0.3 is 0 Å². The van der Waals surface area contributed by atoms with Crippen molar-refractivity contribution in [3.63, 3.8) is 0 Å². The number of benzene rings is 1. The predicted molar refractivity (Wildman–Crippen MR) is 84.0 cm³/mol. The quantitative estimate of drug-likeness (QED) is 0.844. The second kappa shape index (κ2) is 5.76. The number of ether oxygens (including phenoxy) is 2. The van der Waals surface area contributed by atoms with Gasteiger partial charge in [0.15, 0.2) is 5.78 Å². The van der Waals surface area contributed by atoms with E-state index in [9.17, 15) is 4.79 Å². The monoisotopic (exact) mass is 286 g/mol. The molecule has 0 N–H and O–H groups in total. The van der Waals surface area contributed by atoms with Crippen LogP contribution in [0.25, 0.3) is 0 Å². The molecule has 0 aliphatic heterocycles. The van der Waals surface area contributed by atoms with E-state index in [0.29, 0.717) is 6.42 Å². The summed E-state index contributed by atoms with van der Waals surface area (Å²) in [5.41, 5.74) is 2.51. The molecule has 0 fully saturated rings. The fraction of sp³-hybridized carbons (Fsp3) is 0.389. The summed E-state index contributed by atoms with van der Waals surface area (Å²) in [5, 5.41) is 0. The number of hydrogen-bond acceptors (Lipinski definition) is 3. The molecule has 112 valence electrons. The standard InChI is InChI=1S/C18H22O3/c1-6-14-12(2)16(19)9-10-18(14,3)15-11-13(20-4)7-8-17(15)21-5/h6-8,11H,1,9-10H2,2-5H3. The minimum Gasteiger partial charge on any atom is -0.497 e. The van der Waals surface area contributed by atoms with E-state index in [-0.39, 0.29) is 11.2 Å². The molecular formula is C18H22O3. The van der Waals surface area contributed by atoms with Gasteiger partial charge in [0.2, 0.25) is 0 Å². The zero-order chi connectivity index (χ0) is 15.6. The first kappa shape index (κ1) is 15.4. The van der Waals surface area contributed by atoms with Gasteiger partial charge in [0, 0.05) is 17.4 Å². The zero-order valence-corrected chi connectivity index (χ0v) is 13.2. The average Bonchev–Trinajstić information content (AvgIpc) is 2.51. The van der Waals surface area contributed by atoms with E-state index in [1.165, 1.54) is 0 Å². The number of carbonyl (C=O) groups is 1. The van der Waals surface area contributed by atoms with Crippen LogP contribution in [0.4, 0.5) is 0 Å². The van der Waals surface area contributed by atoms with Crippen LogP contribution >= 0.6 is 0 Å². The second-order valence-electron chi connectivity index (χ2n) is 5.56. The van der Waals surface area contributed by atoms with Gasteiger partial charge in [-0.05, 0) is 42.7 Å². The zero-order valence-electron chi connectivity index (χ0n) is 13.2. The first-order chi connectivity index (χ1) is 9.97. The summed E-state index contributed by atoms with van der Waals surface area (Å²) in [7, 11) is 3.31. The van der Waals surface area contributed by atoms with Crippen LogP contribution in [0.1, 0.15) is 32.3 Å². The number of Topliss-reactive ketones (excluding diaryl/α,β-unsaturated/α-hetero) is 1. The summed E-state index contributed by atoms with van der Waals surface area (Å²) in [4.78, 5) is 12.0. The molecule has 1 aromatic carbocycles. The van der Waals surface area contributed by atoms with E-state index >= 15 is 0 Å². The van der Waals surface area contributed by atoms with Crippen molar-refractivity contribution in [1.82, 2.24) is 0 Å². The topological polar surface area (TPSA) is 35.5 Å². The normalized spacial score (nSPS) is 22.2. The van der Waals surface area contributed by atoms with Crippen molar-refractivity contribution in [2.45, 2.75) is 32.1 Å². The molecule has 0 saturated heterocycles. The smallest absolute Gasteiger partial charge is 0.158 e. The predicted octanol–water partition coefficient (Wildman–Crippen LogP) is 3.83. The Kier molecular flexibility index (Phi) is 4.21. The van der Waals surface area contributed by atoms with Gasteiger partial charge in [0.1, 0.15) is 11.5 Å². The highest BCUT2D eigenvalue weighted by Crippen LogP contribution is 2.46. The van der Waals surface area contributed by atoms with Crippen molar-refractivity contribution in [3.8, 4) is 11.5 Å². The number of hydrogen-bond donors (Lipinski definition) is 0. The number of ketones is 1. The largest absolute Gasteiger partial charge is 0.497 e. The minimum atomic E-state index is -0.292. The van der Waals surface area contributed by atoms with Crippen molar-refractivity contribution < 1.29 is 14.3 Å². The van der Waals surface area contributed by atoms with Gasteiger partial charge in [0.25, 0.3) is 0 Å². The van der Waals surface area contributed by atoms with Crippen LogP contribution in [0.2, 0.25) is 0 Å². The van der Waals surface area contributed by atoms with E-state index in [4.69, 9.17) is 9.47 Å². The summed E-state index contributed by atoms with van der Waals surface area (Å²) in [6.45, 7) is 7.92. The third-order valence-electron chi connectivity index (χ3n) is 4.47. The summed E-state index contributed by atoms with van der Waals surface area (Å²) in [6, 6.07) is 5.78. The number of allylic oxidation sites excluding steroid dienone is 3. The third kappa shape index (κ3) is 2.48. The summed E-state index contributed by atoms with van der Waals surface area (Å²) < 4.78 is 10.9. The Hall–Kier alpha value is -2.03. The van der Waals surface area contributed by atoms with Crippen LogP contribution < -0.4 is 9.47 Å². The van der Waals surface area contributed by atoms with Gasteiger partial charge in [-0.3, -0.25) is 4.79 Å². The molecule has 1 atom stereocenters. The molecule has 1 aromatic rings. The molecule has 0 aromatic heterocycles. The summed E-state index contributed by atoms with van der Waals surface area (Å²) in [5.74, 6) is 1.79. The molecule has 0 radical (unpaired) electrons. The van der Waals surface area contributed by atoms with Gasteiger partial charge in [0.05, 0.1) is 14.2 Å². The Morgan fingerprint density at radius 1 is 1.29 bits per heavy atom. The SMILES string of the molecule is C=CC1=C(C)C(=O)CCC1(C)c1cc(OC)ccc1OC. The maximum Gasteiger partial charge on any atom is 0.158 e. The first-order valence-electron chi connectivity index (χ1n) is 7.07. The lowest BCUT2D eigenvalue weighted by atomic mass is 9.66. The van der Waals surface area contributed by atoms with Crippen molar-refractivity contribution in [2.75, 3.05) is 14.2 Å². The molecule has 0 saturated carbocycles. The Balaban J connectivity index is 2.68. The maximum atomic E-state index is 12.0. The van der Waals surface area contributed by atoms with E-state index in [1.54, 1.807) is 20.3 Å². The lowest BCUT2D eigenvalue weighted by Crippen LogP contribution is -2.31. The Bertz CT molecular complexity index is 613. The molecule has 1 unspecified atom stereocenters. The summed E-state index contributed by atoms with van der Waals surface area (Å²) in [6.07, 6.45) is 3.08. The summed E-state index contributed by atoms with van der Waals surface area (Å²) >= 11 is 0. The highest BCUT2D eigenvalue weighted by Gasteiger charge is 2.38. The molecule has 1 aliphatic carbocycles. The molecule has 21 heavy (non-hydrogen) atoms. The van der Waals surface area contributed by atoms with Crippen LogP contribution in [0, 0.1) is 0 Å². The van der Waals surface area contributed by atoms with Crippen LogP contribution in [0.15, 0.2) is 42.0 Å². The molecule has 0 heterocycles. The molecule has 2 rings (SSSR count). The van der Waals surface area contributed by atoms with Gasteiger partial charge < -0.3 is 9.47 Å². The Morgan fingerprint density at radius 2 is 2.00 bits per heavy atom. The number of carbonyl (C=O) groups excluding carboxylic acids is 1. The van der Waals surface area contributed by atoms with Gasteiger partial charge in [-0.1, -0.05) is 19.6 Å². The first-order valence-corrected chi connectivity index (χ1v) is 7.07. The lowest BCUT2D eigenvalue weighted by molar-refractivity contribution is -0.116. The minimum absolute atomic E-state index is 0.198. The Labute approximate surface area is 126 Å². The van der Waals surface area contributed by atoms with Gasteiger partial charge in [-0.2, -0.15) is 0 Å². The molecule has 3 heteroatoms. The highest BCUT2D eigenvalue weighted by atomic mass is 16.5. The van der Waals surface area contributed by atoms with Crippen LogP contribution in [-0.2, 0) is 10.2 Å². The fourth-order valence-corrected chi connectivity index (χ4v) is 3.15. The fourth-order valence-electron chi connectivity index (χ4n) is 3.15. The molecule has 0 bridgehead atoms. The van der Waals surface area contributed by atoms with Crippen LogP contribution in [0.3, 0.4) is 0 Å². The second-order valence-corrected chi connectivity index (χ2v) is 5.56. The maximum absolute atomic E-state index is 12.0. The van der Waals surface area contributed by atoms with Crippen molar-refractivity contribution in [1.29, 1.82) is 0 Å². The van der Waals surface area contributed by atoms with Crippen molar-refractivity contribution in [3.05, 3.63) is 47.6 Å². The third-order valence-corrected chi connectivity index (χ3v) is 4.47. The molecule has 0 amide bonds. The number of rotatable bonds is 4. The number of methoxy groups -OCH3 is 2. The van der Waals surface area contributed by atoms with E-state index in [0.717, 1.165) is 34.6 Å². The van der Waals surface area contributed by atoms with Crippen molar-refractivity contribution >= 4 is 5.78 Å². The Morgan fingerprint density at radius 3 is 2.57 bits per heavy atom. The molecule has 1 aliphatic rings. The van der Waals surface area contributed by atoms with E-state index < -0.39 is 0 Å². The van der Waals surface area contributed by atoms with E-state index in [2.05, 4.69) is 13.5 Å². The lowest BCUT2D eigenvalue weighted by Gasteiger charge is -2.37. The van der Waals surface area contributed by atoms with E-state index in [1.807, 2.05) is 25.1 Å². The highest BCUT2D eigenvalue weighted by molar-refractivity contribution is 5.97.